The Labute approximate surface area is 284 Å². The molecule has 3 aromatic carbocycles. The predicted octanol–water partition coefficient (Wildman–Crippen LogP) is 2.35. The molecule has 1 amide bonds. The maximum absolute atomic E-state index is 12.5. The summed E-state index contributed by atoms with van der Waals surface area (Å²) in [7, 11) is 0.156. The molecular weight excluding hydrogens is 635 g/mol. The van der Waals surface area contributed by atoms with E-state index in [1.807, 2.05) is 11.7 Å². The zero-order valence-electron chi connectivity index (χ0n) is 27.0. The molecule has 2 atom stereocenters. The molecule has 4 aromatic rings. The normalized spacial score (nSPS) is 12.6. The summed E-state index contributed by atoms with van der Waals surface area (Å²) in [4.78, 5) is 22.8. The topological polar surface area (TPSA) is 131 Å². The Morgan fingerprint density at radius 2 is 1.38 bits per heavy atom. The molecule has 0 spiro atoms. The minimum Gasteiger partial charge on any atom is -1.00 e. The van der Waals surface area contributed by atoms with Crippen LogP contribution in [0.25, 0.3) is 0 Å². The van der Waals surface area contributed by atoms with E-state index in [0.29, 0.717) is 12.0 Å². The molecule has 47 heavy (non-hydrogen) atoms. The molecule has 0 bridgehead atoms. The second-order valence-electron chi connectivity index (χ2n) is 11.8. The summed E-state index contributed by atoms with van der Waals surface area (Å²) in [6.45, 7) is -0.439. The first-order valence-electron chi connectivity index (χ1n) is 16.2. The molecule has 0 fully saturated rings. The maximum Gasteiger partial charge on any atom is 0.269 e. The van der Waals surface area contributed by atoms with Gasteiger partial charge in [0.25, 0.3) is 5.69 Å². The Morgan fingerprint density at radius 1 is 0.851 bits per heavy atom. The van der Waals surface area contributed by atoms with Crippen LogP contribution in [0.3, 0.4) is 0 Å². The van der Waals surface area contributed by atoms with Crippen molar-refractivity contribution >= 4 is 34.8 Å². The number of carbonyl (C=O) groups is 1. The van der Waals surface area contributed by atoms with E-state index in [2.05, 4.69) is 83.5 Å². The van der Waals surface area contributed by atoms with Crippen LogP contribution in [0, 0.1) is 10.1 Å². The maximum atomic E-state index is 12.5. The molecule has 2 unspecified atom stereocenters. The number of hydrogen-bond acceptors (Lipinski definition) is 6. The highest BCUT2D eigenvalue weighted by Gasteiger charge is 2.45. The third-order valence-corrected chi connectivity index (χ3v) is 13.0. The first-order chi connectivity index (χ1) is 22.3. The van der Waals surface area contributed by atoms with Gasteiger partial charge in [-0.05, 0) is 61.2 Å². The first kappa shape index (κ1) is 37.8. The summed E-state index contributed by atoms with van der Waals surface area (Å²) in [6.07, 6.45) is 13.0. The van der Waals surface area contributed by atoms with E-state index in [9.17, 15) is 25.1 Å². The van der Waals surface area contributed by atoms with Crippen LogP contribution in [0.4, 0.5) is 5.69 Å². The number of hydrogen-bond donors (Lipinski definition) is 3. The standard InChI is InChI=1S/C36H45N4O5P.ClH/c1-39-27-33(26-37-39)46(31-16-10-8-11-17-31,32-18-12-9-13-19-32)25-15-7-5-3-2-4-6-14-20-35(42)38-34(28-41)36(43)29-21-23-30(24-22-29)40(44)45;/h8-13,16-19,21-24,26-27,34,36,41,43H,2-7,14-15,20,25,28H2,1H3;1H. The van der Waals surface area contributed by atoms with Crippen molar-refractivity contribution in [1.82, 2.24) is 15.1 Å². The summed E-state index contributed by atoms with van der Waals surface area (Å²) in [5, 5.41) is 42.5. The van der Waals surface area contributed by atoms with E-state index in [4.69, 9.17) is 0 Å². The minimum absolute atomic E-state index is 0. The molecule has 11 heteroatoms. The SMILES string of the molecule is Cn1cc([P+](CCCCCCCCCCC(=O)NC(CO)C(O)c2ccc([N+](=O)[O-])cc2)(c2ccccc2)c2ccccc2)cn1.[Cl-]. The average Bonchev–Trinajstić information content (AvgIpc) is 3.53. The van der Waals surface area contributed by atoms with Crippen LogP contribution in [0.5, 0.6) is 0 Å². The van der Waals surface area contributed by atoms with Crippen LogP contribution in [0.1, 0.15) is 69.5 Å². The van der Waals surface area contributed by atoms with Gasteiger partial charge in [0.2, 0.25) is 5.91 Å². The lowest BCUT2D eigenvalue weighted by molar-refractivity contribution is -0.384. The number of unbranched alkanes of at least 4 members (excludes halogenated alkanes) is 7. The third-order valence-electron chi connectivity index (χ3n) is 8.54. The molecular formula is C36H46ClN4O5P. The largest absolute Gasteiger partial charge is 1.00 e. The fourth-order valence-corrected chi connectivity index (χ4v) is 10.4. The Kier molecular flexibility index (Phi) is 15.5. The van der Waals surface area contributed by atoms with Gasteiger partial charge in [-0.15, -0.1) is 0 Å². The number of nitrogens with zero attached hydrogens (tertiary/aromatic N) is 3. The Balaban J connectivity index is 0.00000600. The van der Waals surface area contributed by atoms with Crippen LogP contribution in [-0.2, 0) is 11.8 Å². The van der Waals surface area contributed by atoms with Gasteiger partial charge < -0.3 is 27.9 Å². The minimum atomic E-state index is -1.83. The van der Waals surface area contributed by atoms with E-state index in [1.165, 1.54) is 53.0 Å². The molecule has 252 valence electrons. The van der Waals surface area contributed by atoms with Crippen molar-refractivity contribution in [2.45, 2.75) is 69.9 Å². The van der Waals surface area contributed by atoms with Crippen molar-refractivity contribution in [3.8, 4) is 0 Å². The highest BCUT2D eigenvalue weighted by molar-refractivity contribution is 7.95. The summed E-state index contributed by atoms with van der Waals surface area (Å²) in [6, 6.07) is 26.4. The smallest absolute Gasteiger partial charge is 0.269 e. The lowest BCUT2D eigenvalue weighted by Gasteiger charge is -2.26. The number of aromatic nitrogens is 2. The van der Waals surface area contributed by atoms with Gasteiger partial charge in [-0.25, -0.2) is 0 Å². The van der Waals surface area contributed by atoms with Gasteiger partial charge >= 0.3 is 0 Å². The van der Waals surface area contributed by atoms with E-state index in [-0.39, 0.29) is 24.0 Å². The molecule has 0 aliphatic rings. The Hall–Kier alpha value is -3.62. The van der Waals surface area contributed by atoms with E-state index in [1.54, 1.807) is 0 Å². The van der Waals surface area contributed by atoms with Gasteiger partial charge in [-0.1, -0.05) is 68.5 Å². The van der Waals surface area contributed by atoms with Crippen molar-refractivity contribution in [1.29, 1.82) is 0 Å². The molecule has 0 saturated heterocycles. The molecule has 3 N–H and O–H groups in total. The third kappa shape index (κ3) is 10.4. The van der Waals surface area contributed by atoms with E-state index in [0.717, 1.165) is 44.7 Å². The number of carbonyl (C=O) groups excluding carboxylic acids is 1. The van der Waals surface area contributed by atoms with Crippen LogP contribution >= 0.6 is 7.26 Å². The number of nitro benzene ring substituents is 1. The van der Waals surface area contributed by atoms with Gasteiger partial charge in [0.05, 0.1) is 36.1 Å². The lowest BCUT2D eigenvalue weighted by atomic mass is 10.0. The van der Waals surface area contributed by atoms with Crippen LogP contribution in [0.2, 0.25) is 0 Å². The number of aryl methyl sites for hydroxylation is 1. The van der Waals surface area contributed by atoms with Crippen molar-refractivity contribution in [3.63, 3.8) is 0 Å². The van der Waals surface area contributed by atoms with Gasteiger partial charge in [0.15, 0.2) is 0 Å². The van der Waals surface area contributed by atoms with Crippen molar-refractivity contribution in [3.05, 3.63) is 113 Å². The first-order valence-corrected chi connectivity index (χ1v) is 18.1. The van der Waals surface area contributed by atoms with Gasteiger partial charge in [0.1, 0.15) is 29.3 Å². The number of aliphatic hydroxyl groups is 2. The number of nitrogens with one attached hydrogen (secondary N) is 1. The second kappa shape index (κ2) is 19.3. The van der Waals surface area contributed by atoms with Crippen LogP contribution in [-0.4, -0.2) is 49.6 Å². The van der Waals surface area contributed by atoms with Crippen molar-refractivity contribution in [2.24, 2.45) is 7.05 Å². The average molecular weight is 681 g/mol. The summed E-state index contributed by atoms with van der Waals surface area (Å²) in [5.74, 6) is -0.225. The van der Waals surface area contributed by atoms with Crippen LogP contribution in [0.15, 0.2) is 97.3 Å². The Morgan fingerprint density at radius 3 is 1.87 bits per heavy atom. The van der Waals surface area contributed by atoms with Crippen LogP contribution < -0.4 is 33.6 Å². The zero-order chi connectivity index (χ0) is 32.8. The molecule has 9 nitrogen and oxygen atoms in total. The fourth-order valence-electron chi connectivity index (χ4n) is 6.03. The number of rotatable bonds is 19. The van der Waals surface area contributed by atoms with Crippen molar-refractivity contribution in [2.75, 3.05) is 12.8 Å². The fraction of sp³-hybridized carbons (Fsp3) is 0.389. The molecule has 1 heterocycles. The second-order valence-corrected chi connectivity index (χ2v) is 15.4. The zero-order valence-corrected chi connectivity index (χ0v) is 28.6. The van der Waals surface area contributed by atoms with E-state index >= 15 is 0 Å². The molecule has 0 saturated carbocycles. The highest BCUT2D eigenvalue weighted by atomic mass is 35.5. The van der Waals surface area contributed by atoms with E-state index < -0.39 is 30.9 Å². The summed E-state index contributed by atoms with van der Waals surface area (Å²) < 4.78 is 1.91. The monoisotopic (exact) mass is 680 g/mol. The molecule has 0 radical (unpaired) electrons. The van der Waals surface area contributed by atoms with Crippen molar-refractivity contribution < 1.29 is 32.3 Å². The summed E-state index contributed by atoms with van der Waals surface area (Å²) >= 11 is 0. The summed E-state index contributed by atoms with van der Waals surface area (Å²) in [5.41, 5.74) is 0.311. The number of halogens is 1. The van der Waals surface area contributed by atoms with Gasteiger partial charge in [-0.3, -0.25) is 19.6 Å². The predicted molar refractivity (Wildman–Crippen MR) is 185 cm³/mol. The number of amides is 1. The number of benzene rings is 3. The Bertz CT molecular complexity index is 1470. The van der Waals surface area contributed by atoms with Gasteiger partial charge in [0, 0.05) is 25.6 Å². The molecule has 0 aliphatic carbocycles. The molecule has 0 aliphatic heterocycles. The lowest BCUT2D eigenvalue weighted by Crippen LogP contribution is -3.00. The molecule has 4 rings (SSSR count). The number of non-ortho nitro benzene ring substituents is 1. The number of aliphatic hydroxyl groups excluding tert-OH is 2. The molecule has 1 aromatic heterocycles. The number of nitro groups is 1. The quantitative estimate of drug-likeness (QED) is 0.0604. The highest BCUT2D eigenvalue weighted by Crippen LogP contribution is 2.56. The van der Waals surface area contributed by atoms with Gasteiger partial charge in [-0.2, -0.15) is 5.10 Å².